The molecule has 0 unspecified atom stereocenters. The molecule has 2 rings (SSSR count). The molecule has 19 heavy (non-hydrogen) atoms. The van der Waals surface area contributed by atoms with Crippen LogP contribution in [0, 0.1) is 0 Å². The summed E-state index contributed by atoms with van der Waals surface area (Å²) in [5.74, 6) is 1.65. The Morgan fingerprint density at radius 2 is 2.00 bits per heavy atom. The van der Waals surface area contributed by atoms with Gasteiger partial charge in [0.15, 0.2) is 0 Å². The van der Waals surface area contributed by atoms with Crippen LogP contribution in [0.25, 0.3) is 0 Å². The Balaban J connectivity index is 2.08. The van der Waals surface area contributed by atoms with Crippen LogP contribution in [-0.4, -0.2) is 0 Å². The molecule has 0 radical (unpaired) electrons. The lowest BCUT2D eigenvalue weighted by Crippen LogP contribution is -2.11. The van der Waals surface area contributed by atoms with E-state index in [1.54, 1.807) is 6.26 Å². The van der Waals surface area contributed by atoms with Gasteiger partial charge in [-0.3, -0.25) is 0 Å². The normalized spacial score (nSPS) is 11.6. The Hall–Kier alpha value is -1.74. The van der Waals surface area contributed by atoms with Gasteiger partial charge in [-0.2, -0.15) is 0 Å². The highest BCUT2D eigenvalue weighted by atomic mass is 16.5. The van der Waals surface area contributed by atoms with Gasteiger partial charge in [-0.25, -0.2) is 0 Å². The maximum atomic E-state index is 5.78. The standard InChI is InChI=1S/C16H21NO2/c1-16(2,3)13-5-4-6-14(9-13)19-11-15-12(10-17)7-8-18-15/h4-9H,10-11,17H2,1-3H3. The molecule has 1 aromatic carbocycles. The fourth-order valence-corrected chi connectivity index (χ4v) is 1.88. The first-order chi connectivity index (χ1) is 9.00. The number of nitrogens with two attached hydrogens (primary N) is 1. The van der Waals surface area contributed by atoms with Crippen molar-refractivity contribution in [3.8, 4) is 5.75 Å². The summed E-state index contributed by atoms with van der Waals surface area (Å²) in [4.78, 5) is 0. The lowest BCUT2D eigenvalue weighted by Gasteiger charge is -2.19. The average Bonchev–Trinajstić information content (AvgIpc) is 2.83. The molecular formula is C16H21NO2. The second-order valence-corrected chi connectivity index (χ2v) is 5.64. The summed E-state index contributed by atoms with van der Waals surface area (Å²) < 4.78 is 11.1. The molecule has 0 saturated heterocycles. The minimum atomic E-state index is 0.118. The van der Waals surface area contributed by atoms with E-state index in [-0.39, 0.29) is 5.41 Å². The molecule has 0 aliphatic heterocycles. The highest BCUT2D eigenvalue weighted by Crippen LogP contribution is 2.26. The van der Waals surface area contributed by atoms with E-state index in [4.69, 9.17) is 14.9 Å². The second-order valence-electron chi connectivity index (χ2n) is 5.64. The van der Waals surface area contributed by atoms with Gasteiger partial charge in [0.05, 0.1) is 6.26 Å². The number of hydrogen-bond acceptors (Lipinski definition) is 3. The van der Waals surface area contributed by atoms with Crippen molar-refractivity contribution in [2.24, 2.45) is 5.73 Å². The Labute approximate surface area is 114 Å². The van der Waals surface area contributed by atoms with E-state index in [2.05, 4.69) is 32.9 Å². The van der Waals surface area contributed by atoms with Crippen molar-refractivity contribution in [3.05, 3.63) is 53.5 Å². The largest absolute Gasteiger partial charge is 0.486 e. The molecule has 0 aliphatic carbocycles. The van der Waals surface area contributed by atoms with E-state index in [0.717, 1.165) is 17.1 Å². The third kappa shape index (κ3) is 3.38. The Bertz CT molecular complexity index is 538. The molecule has 1 aromatic heterocycles. The number of ether oxygens (including phenoxy) is 1. The molecule has 0 spiro atoms. The van der Waals surface area contributed by atoms with Crippen LogP contribution in [0.2, 0.25) is 0 Å². The van der Waals surface area contributed by atoms with Gasteiger partial charge in [0.1, 0.15) is 18.1 Å². The Morgan fingerprint density at radius 3 is 2.68 bits per heavy atom. The molecule has 0 saturated carbocycles. The summed E-state index contributed by atoms with van der Waals surface area (Å²) in [6.45, 7) is 7.44. The first-order valence-corrected chi connectivity index (χ1v) is 6.49. The minimum absolute atomic E-state index is 0.118. The zero-order valence-electron chi connectivity index (χ0n) is 11.8. The van der Waals surface area contributed by atoms with Crippen molar-refractivity contribution in [2.75, 3.05) is 0 Å². The monoisotopic (exact) mass is 259 g/mol. The SMILES string of the molecule is CC(C)(C)c1cccc(OCc2occc2CN)c1. The predicted octanol–water partition coefficient (Wildman–Crippen LogP) is 3.61. The molecular weight excluding hydrogens is 238 g/mol. The molecule has 1 heterocycles. The van der Waals surface area contributed by atoms with E-state index in [1.807, 2.05) is 18.2 Å². The van der Waals surface area contributed by atoms with Gasteiger partial charge in [-0.15, -0.1) is 0 Å². The molecule has 3 heteroatoms. The maximum absolute atomic E-state index is 5.78. The van der Waals surface area contributed by atoms with Gasteiger partial charge in [0.2, 0.25) is 0 Å². The predicted molar refractivity (Wildman–Crippen MR) is 76.1 cm³/mol. The highest BCUT2D eigenvalue weighted by Gasteiger charge is 2.14. The summed E-state index contributed by atoms with van der Waals surface area (Å²) in [7, 11) is 0. The fraction of sp³-hybridized carbons (Fsp3) is 0.375. The van der Waals surface area contributed by atoms with Crippen LogP contribution < -0.4 is 10.5 Å². The quantitative estimate of drug-likeness (QED) is 0.912. The first kappa shape index (κ1) is 13.7. The number of hydrogen-bond donors (Lipinski definition) is 1. The lowest BCUT2D eigenvalue weighted by atomic mass is 9.87. The van der Waals surface area contributed by atoms with E-state index < -0.39 is 0 Å². The molecule has 0 atom stereocenters. The first-order valence-electron chi connectivity index (χ1n) is 6.49. The van der Waals surface area contributed by atoms with E-state index in [1.165, 1.54) is 5.56 Å². The molecule has 2 N–H and O–H groups in total. The van der Waals surface area contributed by atoms with Gasteiger partial charge < -0.3 is 14.9 Å². The Morgan fingerprint density at radius 1 is 1.21 bits per heavy atom. The van der Waals surface area contributed by atoms with Crippen molar-refractivity contribution >= 4 is 0 Å². The van der Waals surface area contributed by atoms with E-state index >= 15 is 0 Å². The fourth-order valence-electron chi connectivity index (χ4n) is 1.88. The van der Waals surface area contributed by atoms with Crippen molar-refractivity contribution in [3.63, 3.8) is 0 Å². The summed E-state index contributed by atoms with van der Waals surface area (Å²) in [6, 6.07) is 10.0. The summed E-state index contributed by atoms with van der Waals surface area (Å²) >= 11 is 0. The van der Waals surface area contributed by atoms with Gasteiger partial charge in [0.25, 0.3) is 0 Å². The smallest absolute Gasteiger partial charge is 0.146 e. The molecule has 3 nitrogen and oxygen atoms in total. The zero-order valence-corrected chi connectivity index (χ0v) is 11.8. The van der Waals surface area contributed by atoms with Crippen LogP contribution in [0.5, 0.6) is 5.75 Å². The minimum Gasteiger partial charge on any atom is -0.486 e. The molecule has 2 aromatic rings. The number of furan rings is 1. The molecule has 0 fully saturated rings. The summed E-state index contributed by atoms with van der Waals surface area (Å²) in [5, 5.41) is 0. The highest BCUT2D eigenvalue weighted by molar-refractivity contribution is 5.32. The zero-order chi connectivity index (χ0) is 13.9. The third-order valence-electron chi connectivity index (χ3n) is 3.13. The number of benzene rings is 1. The van der Waals surface area contributed by atoms with Gasteiger partial charge in [-0.05, 0) is 29.2 Å². The van der Waals surface area contributed by atoms with Crippen molar-refractivity contribution in [2.45, 2.75) is 39.3 Å². The van der Waals surface area contributed by atoms with E-state index in [0.29, 0.717) is 13.2 Å². The van der Waals surface area contributed by atoms with Crippen LogP contribution in [-0.2, 0) is 18.6 Å². The van der Waals surface area contributed by atoms with Crippen LogP contribution in [0.4, 0.5) is 0 Å². The second kappa shape index (κ2) is 5.49. The van der Waals surface area contributed by atoms with Crippen LogP contribution in [0.1, 0.15) is 37.7 Å². The third-order valence-corrected chi connectivity index (χ3v) is 3.13. The Kier molecular flexibility index (Phi) is 3.96. The van der Waals surface area contributed by atoms with Crippen molar-refractivity contribution in [1.29, 1.82) is 0 Å². The van der Waals surface area contributed by atoms with Gasteiger partial charge in [0, 0.05) is 12.1 Å². The van der Waals surface area contributed by atoms with Crippen LogP contribution in [0.3, 0.4) is 0 Å². The van der Waals surface area contributed by atoms with Gasteiger partial charge in [-0.1, -0.05) is 32.9 Å². The molecule has 0 bridgehead atoms. The molecule has 0 aliphatic rings. The number of rotatable bonds is 4. The van der Waals surface area contributed by atoms with Crippen molar-refractivity contribution < 1.29 is 9.15 Å². The van der Waals surface area contributed by atoms with Crippen LogP contribution >= 0.6 is 0 Å². The van der Waals surface area contributed by atoms with Gasteiger partial charge >= 0.3 is 0 Å². The maximum Gasteiger partial charge on any atom is 0.146 e. The van der Waals surface area contributed by atoms with Crippen LogP contribution in [0.15, 0.2) is 41.0 Å². The topological polar surface area (TPSA) is 48.4 Å². The summed E-state index contributed by atoms with van der Waals surface area (Å²) in [6.07, 6.45) is 1.65. The van der Waals surface area contributed by atoms with E-state index in [9.17, 15) is 0 Å². The molecule has 0 amide bonds. The van der Waals surface area contributed by atoms with Crippen molar-refractivity contribution in [1.82, 2.24) is 0 Å². The molecule has 102 valence electrons. The summed E-state index contributed by atoms with van der Waals surface area (Å²) in [5.41, 5.74) is 7.99. The lowest BCUT2D eigenvalue weighted by molar-refractivity contribution is 0.268. The average molecular weight is 259 g/mol.